The summed E-state index contributed by atoms with van der Waals surface area (Å²) in [4.78, 5) is 9.09. The second-order valence-corrected chi connectivity index (χ2v) is 7.30. The zero-order valence-electron chi connectivity index (χ0n) is 15.6. The van der Waals surface area contributed by atoms with Crippen LogP contribution in [0, 0.1) is 6.92 Å². The Hall–Kier alpha value is -2.59. The van der Waals surface area contributed by atoms with Gasteiger partial charge in [0.05, 0.1) is 6.54 Å². The smallest absolute Gasteiger partial charge is 0.129 e. The van der Waals surface area contributed by atoms with Gasteiger partial charge in [-0.05, 0) is 54.5 Å². The van der Waals surface area contributed by atoms with E-state index in [0.29, 0.717) is 0 Å². The van der Waals surface area contributed by atoms with Crippen molar-refractivity contribution in [3.63, 3.8) is 0 Å². The fraction of sp³-hybridized carbons (Fsp3) is 0.273. The molecule has 27 heavy (non-hydrogen) atoms. The zero-order valence-corrected chi connectivity index (χ0v) is 16.4. The zero-order chi connectivity index (χ0) is 18.8. The molecule has 0 saturated carbocycles. The van der Waals surface area contributed by atoms with Gasteiger partial charge in [0.25, 0.3) is 0 Å². The molecule has 1 aliphatic rings. The molecule has 2 heterocycles. The minimum atomic E-state index is 0.752. The Morgan fingerprint density at radius 1 is 1.15 bits per heavy atom. The van der Waals surface area contributed by atoms with Crippen LogP contribution in [-0.4, -0.2) is 31.0 Å². The number of nitrogens with zero attached hydrogens (tertiary/aromatic N) is 2. The molecule has 0 unspecified atom stereocenters. The van der Waals surface area contributed by atoms with E-state index < -0.39 is 0 Å². The van der Waals surface area contributed by atoms with Gasteiger partial charge < -0.3 is 10.6 Å². The van der Waals surface area contributed by atoms with Crippen molar-refractivity contribution in [3.8, 4) is 0 Å². The summed E-state index contributed by atoms with van der Waals surface area (Å²) in [5.41, 5.74) is 5.02. The molecule has 0 radical (unpaired) electrons. The lowest BCUT2D eigenvalue weighted by Gasteiger charge is -2.14. The maximum atomic E-state index is 6.25. The highest BCUT2D eigenvalue weighted by molar-refractivity contribution is 6.31. The first-order valence-electron chi connectivity index (χ1n) is 9.29. The Kier molecular flexibility index (Phi) is 4.99. The third-order valence-electron chi connectivity index (χ3n) is 5.13. The monoisotopic (exact) mass is 378 g/mol. The maximum absolute atomic E-state index is 6.25. The van der Waals surface area contributed by atoms with Gasteiger partial charge >= 0.3 is 0 Å². The third kappa shape index (κ3) is 3.62. The quantitative estimate of drug-likeness (QED) is 0.693. The number of anilines is 1. The highest BCUT2D eigenvalue weighted by atomic mass is 35.5. The average Bonchev–Trinajstić information content (AvgIpc) is 3.21. The second-order valence-electron chi connectivity index (χ2n) is 6.87. The first-order valence-corrected chi connectivity index (χ1v) is 9.66. The Bertz CT molecular complexity index is 1030. The lowest BCUT2D eigenvalue weighted by Crippen LogP contribution is -2.19. The molecule has 0 spiro atoms. The lowest BCUT2D eigenvalue weighted by atomic mass is 9.96. The fourth-order valence-corrected chi connectivity index (χ4v) is 3.86. The molecule has 0 saturated heterocycles. The molecule has 0 atom stereocenters. The van der Waals surface area contributed by atoms with Crippen LogP contribution in [0.25, 0.3) is 10.8 Å². The van der Waals surface area contributed by atoms with Crippen molar-refractivity contribution in [3.05, 3.63) is 69.9 Å². The van der Waals surface area contributed by atoms with Crippen LogP contribution in [0.3, 0.4) is 0 Å². The maximum Gasteiger partial charge on any atom is 0.129 e. The van der Waals surface area contributed by atoms with Crippen molar-refractivity contribution in [2.45, 2.75) is 19.8 Å². The van der Waals surface area contributed by atoms with Gasteiger partial charge in [0.15, 0.2) is 0 Å². The van der Waals surface area contributed by atoms with Crippen molar-refractivity contribution in [2.75, 3.05) is 25.5 Å². The molecule has 4 nitrogen and oxygen atoms in total. The average molecular weight is 379 g/mol. The molecule has 0 aliphatic carbocycles. The van der Waals surface area contributed by atoms with Gasteiger partial charge in [0, 0.05) is 41.3 Å². The van der Waals surface area contributed by atoms with Crippen LogP contribution < -0.4 is 10.6 Å². The number of hydrogen-bond donors (Lipinski definition) is 2. The van der Waals surface area contributed by atoms with E-state index in [2.05, 4.69) is 45.7 Å². The summed E-state index contributed by atoms with van der Waals surface area (Å²) in [6.45, 7) is 3.96. The molecule has 1 aliphatic heterocycles. The molecule has 4 rings (SSSR count). The van der Waals surface area contributed by atoms with Gasteiger partial charge in [-0.25, -0.2) is 4.98 Å². The number of fused-ring (bicyclic) bond motifs is 1. The first kappa shape index (κ1) is 17.8. The predicted molar refractivity (Wildman–Crippen MR) is 114 cm³/mol. The van der Waals surface area contributed by atoms with E-state index in [1.807, 2.05) is 31.4 Å². The van der Waals surface area contributed by atoms with Gasteiger partial charge in [0.2, 0.25) is 0 Å². The van der Waals surface area contributed by atoms with E-state index in [4.69, 9.17) is 11.6 Å². The number of amidine groups is 1. The largest absolute Gasteiger partial charge is 0.373 e. The van der Waals surface area contributed by atoms with Gasteiger partial charge in [-0.1, -0.05) is 29.8 Å². The SMILES string of the molecule is CNc1ncc2ccc(Cl)cc2c1CCc1ccc(C2=NCCN2)cc1C. The molecule has 0 bridgehead atoms. The van der Waals surface area contributed by atoms with Crippen LogP contribution in [0.4, 0.5) is 5.82 Å². The van der Waals surface area contributed by atoms with Crippen molar-refractivity contribution in [1.29, 1.82) is 0 Å². The van der Waals surface area contributed by atoms with E-state index in [1.165, 1.54) is 27.6 Å². The van der Waals surface area contributed by atoms with Crippen LogP contribution in [0.1, 0.15) is 22.3 Å². The lowest BCUT2D eigenvalue weighted by molar-refractivity contribution is 0.948. The molecule has 0 amide bonds. The first-order chi connectivity index (χ1) is 13.2. The van der Waals surface area contributed by atoms with E-state index >= 15 is 0 Å². The molecule has 3 aromatic rings. The number of nitrogens with one attached hydrogen (secondary N) is 2. The van der Waals surface area contributed by atoms with Gasteiger partial charge in [0.1, 0.15) is 11.7 Å². The Morgan fingerprint density at radius 3 is 2.78 bits per heavy atom. The van der Waals surface area contributed by atoms with Crippen molar-refractivity contribution >= 4 is 34.0 Å². The Morgan fingerprint density at radius 2 is 2.04 bits per heavy atom. The Labute approximate surface area is 164 Å². The van der Waals surface area contributed by atoms with Gasteiger partial charge in [-0.3, -0.25) is 4.99 Å². The molecule has 0 fully saturated rings. The minimum Gasteiger partial charge on any atom is -0.373 e. The highest BCUT2D eigenvalue weighted by Gasteiger charge is 2.12. The van der Waals surface area contributed by atoms with Crippen LogP contribution >= 0.6 is 11.6 Å². The molecule has 5 heteroatoms. The summed E-state index contributed by atoms with van der Waals surface area (Å²) in [5, 5.41) is 9.60. The number of aliphatic imine (C=N–C) groups is 1. The highest BCUT2D eigenvalue weighted by Crippen LogP contribution is 2.28. The normalized spacial score (nSPS) is 13.5. The molecular weight excluding hydrogens is 356 g/mol. The van der Waals surface area contributed by atoms with Gasteiger partial charge in [-0.15, -0.1) is 0 Å². The van der Waals surface area contributed by atoms with Crippen molar-refractivity contribution < 1.29 is 0 Å². The third-order valence-corrected chi connectivity index (χ3v) is 5.37. The van der Waals surface area contributed by atoms with Crippen LogP contribution in [0.2, 0.25) is 5.02 Å². The number of pyridine rings is 1. The fourth-order valence-electron chi connectivity index (χ4n) is 3.69. The van der Waals surface area contributed by atoms with Crippen molar-refractivity contribution in [2.24, 2.45) is 4.99 Å². The van der Waals surface area contributed by atoms with Gasteiger partial charge in [-0.2, -0.15) is 0 Å². The number of aromatic nitrogens is 1. The number of hydrogen-bond acceptors (Lipinski definition) is 4. The van der Waals surface area contributed by atoms with E-state index in [1.54, 1.807) is 0 Å². The number of aryl methyl sites for hydroxylation is 3. The second kappa shape index (κ2) is 7.57. The summed E-state index contributed by atoms with van der Waals surface area (Å²) < 4.78 is 0. The molecule has 2 aromatic carbocycles. The minimum absolute atomic E-state index is 0.752. The number of halogens is 1. The molecular formula is C22H23ClN4. The summed E-state index contributed by atoms with van der Waals surface area (Å²) in [7, 11) is 1.91. The van der Waals surface area contributed by atoms with Crippen molar-refractivity contribution in [1.82, 2.24) is 10.3 Å². The molecule has 2 N–H and O–H groups in total. The predicted octanol–water partition coefficient (Wildman–Crippen LogP) is 4.37. The van der Waals surface area contributed by atoms with Crippen LogP contribution in [-0.2, 0) is 12.8 Å². The number of rotatable bonds is 5. The molecule has 138 valence electrons. The van der Waals surface area contributed by atoms with E-state index in [9.17, 15) is 0 Å². The summed E-state index contributed by atoms with van der Waals surface area (Å²) >= 11 is 6.25. The summed E-state index contributed by atoms with van der Waals surface area (Å²) in [5.74, 6) is 1.93. The standard InChI is InChI=1S/C22H23ClN4/c1-14-11-16(21-25-9-10-26-21)4-3-15(14)6-8-19-20-12-18(23)7-5-17(20)13-27-22(19)24-2/h3-5,7,11-13H,6,8-10H2,1-2H3,(H,24,27)(H,25,26). The van der Waals surface area contributed by atoms with E-state index in [-0.39, 0.29) is 0 Å². The van der Waals surface area contributed by atoms with Crippen LogP contribution in [0.15, 0.2) is 47.6 Å². The topological polar surface area (TPSA) is 49.3 Å². The van der Waals surface area contributed by atoms with Crippen LogP contribution in [0.5, 0.6) is 0 Å². The van der Waals surface area contributed by atoms with E-state index in [0.717, 1.165) is 48.0 Å². The Balaban J connectivity index is 1.62. The summed E-state index contributed by atoms with van der Waals surface area (Å²) in [6.07, 6.45) is 3.75. The number of benzene rings is 2. The summed E-state index contributed by atoms with van der Waals surface area (Å²) in [6, 6.07) is 12.6. The molecule has 1 aromatic heterocycles.